The molecule has 0 aliphatic carbocycles. The summed E-state index contributed by atoms with van der Waals surface area (Å²) in [6.07, 6.45) is 5.52. The van der Waals surface area contributed by atoms with Gasteiger partial charge in [0, 0.05) is 13.1 Å². The van der Waals surface area contributed by atoms with Gasteiger partial charge >= 0.3 is 0 Å². The van der Waals surface area contributed by atoms with Crippen molar-refractivity contribution < 1.29 is 4.79 Å². The van der Waals surface area contributed by atoms with E-state index in [1.807, 2.05) is 19.9 Å². The lowest BCUT2D eigenvalue weighted by molar-refractivity contribution is -0.118. The number of hydrogen-bond acceptors (Lipinski definition) is 1. The Morgan fingerprint density at radius 2 is 1.93 bits per heavy atom. The molecule has 2 nitrogen and oxygen atoms in total. The van der Waals surface area contributed by atoms with Crippen LogP contribution >= 0.6 is 0 Å². The van der Waals surface area contributed by atoms with Gasteiger partial charge in [-0.05, 0) is 12.5 Å². The van der Waals surface area contributed by atoms with E-state index in [2.05, 4.69) is 18.8 Å². The normalized spacial score (nSPS) is 8.29. The summed E-state index contributed by atoms with van der Waals surface area (Å²) in [6.45, 7) is 11.4. The van der Waals surface area contributed by atoms with E-state index in [1.54, 1.807) is 6.20 Å². The quantitative estimate of drug-likeness (QED) is 0.688. The van der Waals surface area contributed by atoms with Crippen LogP contribution in [0.4, 0.5) is 0 Å². The molecule has 0 bridgehead atoms. The van der Waals surface area contributed by atoms with Crippen LogP contribution in [0.2, 0.25) is 0 Å². The zero-order valence-electron chi connectivity index (χ0n) is 9.18. The number of nitrogens with one attached hydrogen (secondary N) is 1. The number of carbonyl (C=O) groups excluding carboxylic acids is 1. The SMILES string of the molecule is C.C=C(C=CNC(C)=O)CCC.CC. The van der Waals surface area contributed by atoms with Crippen molar-refractivity contribution in [2.24, 2.45) is 0 Å². The fraction of sp³-hybridized carbons (Fsp3) is 0.583. The Kier molecular flexibility index (Phi) is 19.3. The van der Waals surface area contributed by atoms with Crippen LogP contribution in [0.3, 0.4) is 0 Å². The van der Waals surface area contributed by atoms with Crippen molar-refractivity contribution in [2.75, 3.05) is 0 Å². The molecule has 0 radical (unpaired) electrons. The highest BCUT2D eigenvalue weighted by molar-refractivity contribution is 5.73. The maximum absolute atomic E-state index is 10.4. The highest BCUT2D eigenvalue weighted by Crippen LogP contribution is 2.01. The number of amides is 1. The summed E-state index contributed by atoms with van der Waals surface area (Å²) in [7, 11) is 0. The van der Waals surface area contributed by atoms with E-state index in [1.165, 1.54) is 6.92 Å². The van der Waals surface area contributed by atoms with E-state index >= 15 is 0 Å². The van der Waals surface area contributed by atoms with Gasteiger partial charge < -0.3 is 5.32 Å². The molecule has 0 aliphatic heterocycles. The molecule has 0 heterocycles. The summed E-state index contributed by atoms with van der Waals surface area (Å²) < 4.78 is 0. The van der Waals surface area contributed by atoms with Crippen molar-refractivity contribution in [1.82, 2.24) is 5.32 Å². The lowest BCUT2D eigenvalue weighted by atomic mass is 10.2. The Bertz CT molecular complexity index is 171. The largest absolute Gasteiger partial charge is 0.333 e. The van der Waals surface area contributed by atoms with E-state index in [9.17, 15) is 4.79 Å². The number of allylic oxidation sites excluding steroid dienone is 2. The van der Waals surface area contributed by atoms with E-state index in [0.717, 1.165) is 18.4 Å². The van der Waals surface area contributed by atoms with Crippen LogP contribution in [0.25, 0.3) is 0 Å². The van der Waals surface area contributed by atoms with E-state index < -0.39 is 0 Å². The first kappa shape index (κ1) is 18.7. The molecule has 0 fully saturated rings. The summed E-state index contributed by atoms with van der Waals surface area (Å²) in [4.78, 5) is 10.4. The highest BCUT2D eigenvalue weighted by Gasteiger charge is 1.85. The Morgan fingerprint density at radius 3 is 2.29 bits per heavy atom. The molecule has 0 spiro atoms. The Labute approximate surface area is 89.1 Å². The molecule has 84 valence electrons. The van der Waals surface area contributed by atoms with Crippen molar-refractivity contribution in [3.63, 3.8) is 0 Å². The fourth-order valence-electron chi connectivity index (χ4n) is 0.681. The number of hydrogen-bond donors (Lipinski definition) is 1. The molecule has 2 heteroatoms. The molecule has 0 saturated carbocycles. The van der Waals surface area contributed by atoms with Crippen molar-refractivity contribution in [1.29, 1.82) is 0 Å². The molecule has 0 saturated heterocycles. The van der Waals surface area contributed by atoms with Gasteiger partial charge in [0.1, 0.15) is 0 Å². The second-order valence-electron chi connectivity index (χ2n) is 2.44. The molecule has 0 rings (SSSR count). The third-order valence-corrected chi connectivity index (χ3v) is 1.18. The van der Waals surface area contributed by atoms with Crippen molar-refractivity contribution in [3.8, 4) is 0 Å². The first-order chi connectivity index (χ1) is 6.16. The minimum Gasteiger partial charge on any atom is -0.333 e. The number of carbonyl (C=O) groups is 1. The van der Waals surface area contributed by atoms with Crippen LogP contribution in [0, 0.1) is 0 Å². The molecule has 0 aliphatic rings. The van der Waals surface area contributed by atoms with Crippen LogP contribution in [-0.2, 0) is 4.79 Å². The Hall–Kier alpha value is -1.05. The second-order valence-corrected chi connectivity index (χ2v) is 2.44. The molecular weight excluding hydrogens is 174 g/mol. The average molecular weight is 199 g/mol. The van der Waals surface area contributed by atoms with Gasteiger partial charge in [-0.1, -0.05) is 46.8 Å². The molecule has 0 aromatic carbocycles. The molecule has 0 aromatic heterocycles. The lowest BCUT2D eigenvalue weighted by Gasteiger charge is -1.95. The maximum atomic E-state index is 10.4. The lowest BCUT2D eigenvalue weighted by Crippen LogP contribution is -2.11. The zero-order valence-corrected chi connectivity index (χ0v) is 9.18. The van der Waals surface area contributed by atoms with Gasteiger partial charge in [0.15, 0.2) is 0 Å². The predicted molar refractivity (Wildman–Crippen MR) is 65.1 cm³/mol. The molecule has 0 unspecified atom stereocenters. The third-order valence-electron chi connectivity index (χ3n) is 1.18. The van der Waals surface area contributed by atoms with Gasteiger partial charge in [-0.15, -0.1) is 0 Å². The van der Waals surface area contributed by atoms with Crippen LogP contribution < -0.4 is 5.32 Å². The molecule has 0 aromatic rings. The first-order valence-corrected chi connectivity index (χ1v) is 4.78. The zero-order chi connectivity index (χ0) is 10.7. The van der Waals surface area contributed by atoms with Crippen LogP contribution in [0.15, 0.2) is 24.4 Å². The third kappa shape index (κ3) is 17.2. The minimum absolute atomic E-state index is 0. The summed E-state index contributed by atoms with van der Waals surface area (Å²) in [5.41, 5.74) is 1.04. The van der Waals surface area contributed by atoms with Gasteiger partial charge in [-0.2, -0.15) is 0 Å². The summed E-state index contributed by atoms with van der Waals surface area (Å²) in [5, 5.41) is 2.55. The van der Waals surface area contributed by atoms with E-state index in [-0.39, 0.29) is 13.3 Å². The summed E-state index contributed by atoms with van der Waals surface area (Å²) >= 11 is 0. The first-order valence-electron chi connectivity index (χ1n) is 4.78. The standard InChI is InChI=1S/C9H15NO.C2H6.CH4/c1-4-5-8(2)6-7-10-9(3)11;1-2;/h6-7H,2,4-5H2,1,3H3,(H,10,11);1-2H3;1H4. The summed E-state index contributed by atoms with van der Waals surface area (Å²) in [5.74, 6) is -0.0504. The van der Waals surface area contributed by atoms with Crippen LogP contribution in [0.5, 0.6) is 0 Å². The van der Waals surface area contributed by atoms with E-state index in [0.29, 0.717) is 0 Å². The van der Waals surface area contributed by atoms with E-state index in [4.69, 9.17) is 0 Å². The van der Waals surface area contributed by atoms with Gasteiger partial charge in [0.05, 0.1) is 0 Å². The van der Waals surface area contributed by atoms with Crippen molar-refractivity contribution in [3.05, 3.63) is 24.4 Å². The monoisotopic (exact) mass is 199 g/mol. The van der Waals surface area contributed by atoms with Crippen molar-refractivity contribution in [2.45, 2.75) is 48.0 Å². The number of rotatable bonds is 4. The minimum atomic E-state index is -0.0504. The van der Waals surface area contributed by atoms with Gasteiger partial charge in [-0.3, -0.25) is 4.79 Å². The topological polar surface area (TPSA) is 29.1 Å². The van der Waals surface area contributed by atoms with Gasteiger partial charge in [-0.25, -0.2) is 0 Å². The Morgan fingerprint density at radius 1 is 1.43 bits per heavy atom. The van der Waals surface area contributed by atoms with Crippen LogP contribution in [0.1, 0.15) is 48.0 Å². The maximum Gasteiger partial charge on any atom is 0.220 e. The molecular formula is C12H25NO. The summed E-state index contributed by atoms with van der Waals surface area (Å²) in [6, 6.07) is 0. The van der Waals surface area contributed by atoms with Gasteiger partial charge in [0.25, 0.3) is 0 Å². The molecule has 1 amide bonds. The Balaban J connectivity index is -0.000000376. The average Bonchev–Trinajstić information content (AvgIpc) is 2.08. The molecule has 14 heavy (non-hydrogen) atoms. The highest BCUT2D eigenvalue weighted by atomic mass is 16.1. The van der Waals surface area contributed by atoms with Gasteiger partial charge in [0.2, 0.25) is 5.91 Å². The van der Waals surface area contributed by atoms with Crippen LogP contribution in [-0.4, -0.2) is 5.91 Å². The molecule has 0 atom stereocenters. The van der Waals surface area contributed by atoms with Crippen molar-refractivity contribution >= 4 is 5.91 Å². The fourth-order valence-corrected chi connectivity index (χ4v) is 0.681. The molecule has 1 N–H and O–H groups in total. The smallest absolute Gasteiger partial charge is 0.220 e. The second kappa shape index (κ2) is 14.5. The predicted octanol–water partition coefficient (Wildman–Crippen LogP) is 3.65.